The van der Waals surface area contributed by atoms with Gasteiger partial charge in [0.05, 0.1) is 11.1 Å². The molecule has 1 aromatic rings. The van der Waals surface area contributed by atoms with Gasteiger partial charge < -0.3 is 10.2 Å². The van der Waals surface area contributed by atoms with Crippen LogP contribution in [0.15, 0.2) is 23.3 Å². The zero-order valence-electron chi connectivity index (χ0n) is 10.7. The number of carbonyl (C=O) groups is 2. The third-order valence-electron chi connectivity index (χ3n) is 2.16. The van der Waals surface area contributed by atoms with Gasteiger partial charge in [-0.2, -0.15) is 0 Å². The molecule has 0 aliphatic carbocycles. The molecule has 0 spiro atoms. The van der Waals surface area contributed by atoms with Crippen LogP contribution in [0, 0.1) is 0 Å². The van der Waals surface area contributed by atoms with Crippen LogP contribution in [0.2, 0.25) is 0 Å². The minimum absolute atomic E-state index is 0.0150. The van der Waals surface area contributed by atoms with Crippen LogP contribution in [-0.2, 0) is 6.42 Å². The van der Waals surface area contributed by atoms with Crippen molar-refractivity contribution >= 4 is 11.9 Å². The summed E-state index contributed by atoms with van der Waals surface area (Å²) >= 11 is 0. The summed E-state index contributed by atoms with van der Waals surface area (Å²) in [6.07, 6.45) is 0.0775. The maximum absolute atomic E-state index is 10.9. The van der Waals surface area contributed by atoms with E-state index in [4.69, 9.17) is 15.7 Å². The Labute approximate surface area is 110 Å². The number of azide groups is 1. The maximum Gasteiger partial charge on any atom is 0.335 e. The molecule has 7 nitrogen and oxygen atoms in total. The summed E-state index contributed by atoms with van der Waals surface area (Å²) in [7, 11) is 0. The topological polar surface area (TPSA) is 123 Å². The molecule has 0 fully saturated rings. The molecule has 0 saturated carbocycles. The van der Waals surface area contributed by atoms with Gasteiger partial charge in [-0.3, -0.25) is 0 Å². The molecular formula is C12H15N3O4. The number of carboxylic acids is 2. The molecule has 1 rings (SSSR count). The van der Waals surface area contributed by atoms with Crippen molar-refractivity contribution in [1.29, 1.82) is 0 Å². The van der Waals surface area contributed by atoms with Crippen LogP contribution in [0.1, 0.15) is 40.1 Å². The van der Waals surface area contributed by atoms with Gasteiger partial charge in [-0.05, 0) is 29.6 Å². The molecule has 0 bridgehead atoms. The molecule has 1 aromatic carbocycles. The minimum atomic E-state index is -1.20. The van der Waals surface area contributed by atoms with Crippen molar-refractivity contribution in [2.75, 3.05) is 6.54 Å². The molecule has 0 unspecified atom stereocenters. The lowest BCUT2D eigenvalue weighted by Gasteiger charge is -2.08. The fourth-order valence-corrected chi connectivity index (χ4v) is 1.46. The molecule has 0 atom stereocenters. The predicted molar refractivity (Wildman–Crippen MR) is 69.4 cm³/mol. The summed E-state index contributed by atoms with van der Waals surface area (Å²) in [4.78, 5) is 24.4. The zero-order chi connectivity index (χ0) is 14.8. The number of carboxylic acid groups (broad SMARTS) is 2. The van der Waals surface area contributed by atoms with Gasteiger partial charge in [-0.15, -0.1) is 0 Å². The van der Waals surface area contributed by atoms with Crippen LogP contribution >= 0.6 is 0 Å². The molecular weight excluding hydrogens is 250 g/mol. The fraction of sp³-hybridized carbons (Fsp3) is 0.333. The summed E-state index contributed by atoms with van der Waals surface area (Å²) in [6.45, 7) is 4.01. The summed E-state index contributed by atoms with van der Waals surface area (Å²) in [5, 5.41) is 21.1. The normalized spacial score (nSPS) is 8.74. The van der Waals surface area contributed by atoms with Gasteiger partial charge in [0.2, 0.25) is 0 Å². The van der Waals surface area contributed by atoms with Crippen molar-refractivity contribution in [1.82, 2.24) is 0 Å². The fourth-order valence-electron chi connectivity index (χ4n) is 1.46. The Balaban J connectivity index is 0.00000154. The Hall–Kier alpha value is -2.53. The highest BCUT2D eigenvalue weighted by Gasteiger charge is 2.17. The van der Waals surface area contributed by atoms with Gasteiger partial charge in [-0.25, -0.2) is 9.59 Å². The van der Waals surface area contributed by atoms with E-state index < -0.39 is 11.9 Å². The molecule has 0 saturated heterocycles. The molecule has 102 valence electrons. The summed E-state index contributed by atoms with van der Waals surface area (Å²) < 4.78 is 0. The Morgan fingerprint density at radius 2 is 1.68 bits per heavy atom. The molecule has 0 amide bonds. The first-order valence-corrected chi connectivity index (χ1v) is 5.67. The van der Waals surface area contributed by atoms with Crippen molar-refractivity contribution in [3.8, 4) is 0 Å². The van der Waals surface area contributed by atoms with E-state index in [1.54, 1.807) is 0 Å². The molecule has 19 heavy (non-hydrogen) atoms. The second-order valence-corrected chi connectivity index (χ2v) is 3.15. The Bertz CT molecular complexity index is 475. The molecule has 0 aliphatic heterocycles. The van der Waals surface area contributed by atoms with E-state index in [-0.39, 0.29) is 29.7 Å². The Kier molecular flexibility index (Phi) is 7.41. The van der Waals surface area contributed by atoms with Crippen LogP contribution in [0.5, 0.6) is 0 Å². The highest BCUT2D eigenvalue weighted by Crippen LogP contribution is 2.16. The summed E-state index contributed by atoms with van der Waals surface area (Å²) in [5.41, 5.74) is 8.12. The molecule has 0 aromatic heterocycles. The highest BCUT2D eigenvalue weighted by molar-refractivity contribution is 5.96. The molecule has 0 heterocycles. The van der Waals surface area contributed by atoms with Gasteiger partial charge in [0.1, 0.15) is 0 Å². The van der Waals surface area contributed by atoms with E-state index in [1.165, 1.54) is 18.2 Å². The average Bonchev–Trinajstić information content (AvgIpc) is 2.41. The number of aromatic carboxylic acids is 2. The van der Waals surface area contributed by atoms with Gasteiger partial charge in [0, 0.05) is 11.5 Å². The highest BCUT2D eigenvalue weighted by atomic mass is 16.4. The van der Waals surface area contributed by atoms with Crippen LogP contribution in [-0.4, -0.2) is 28.7 Å². The number of rotatable bonds is 5. The Morgan fingerprint density at radius 3 is 2.05 bits per heavy atom. The first-order chi connectivity index (χ1) is 9.07. The average molecular weight is 265 g/mol. The van der Waals surface area contributed by atoms with E-state index in [9.17, 15) is 9.59 Å². The van der Waals surface area contributed by atoms with E-state index in [0.717, 1.165) is 0 Å². The van der Waals surface area contributed by atoms with Crippen LogP contribution in [0.4, 0.5) is 0 Å². The first kappa shape index (κ1) is 16.5. The third kappa shape index (κ3) is 4.69. The van der Waals surface area contributed by atoms with Gasteiger partial charge in [-0.1, -0.05) is 25.0 Å². The standard InChI is InChI=1S/C10H9N3O4.C2H6/c11-13-12-5-4-6-7(9(14)15)2-1-3-8(6)10(16)17;1-2/h1-3H,4-5H2,(H,14,15)(H,16,17);1-2H3. The third-order valence-corrected chi connectivity index (χ3v) is 2.16. The predicted octanol–water partition coefficient (Wildman–Crippen LogP) is 2.96. The van der Waals surface area contributed by atoms with Gasteiger partial charge >= 0.3 is 11.9 Å². The lowest BCUT2D eigenvalue weighted by Crippen LogP contribution is -2.10. The van der Waals surface area contributed by atoms with Gasteiger partial charge in [0.15, 0.2) is 0 Å². The van der Waals surface area contributed by atoms with Gasteiger partial charge in [0.25, 0.3) is 0 Å². The smallest absolute Gasteiger partial charge is 0.335 e. The maximum atomic E-state index is 10.9. The molecule has 0 aliphatic rings. The van der Waals surface area contributed by atoms with E-state index in [0.29, 0.717) is 0 Å². The molecule has 7 heteroatoms. The zero-order valence-corrected chi connectivity index (χ0v) is 10.7. The van der Waals surface area contributed by atoms with Crippen molar-refractivity contribution in [2.45, 2.75) is 20.3 Å². The number of hydrogen-bond acceptors (Lipinski definition) is 3. The quantitative estimate of drug-likeness (QED) is 0.482. The van der Waals surface area contributed by atoms with E-state index >= 15 is 0 Å². The lowest BCUT2D eigenvalue weighted by molar-refractivity contribution is 0.0695. The van der Waals surface area contributed by atoms with Crippen LogP contribution in [0.3, 0.4) is 0 Å². The van der Waals surface area contributed by atoms with E-state index in [1.807, 2.05) is 13.8 Å². The Morgan fingerprint density at radius 1 is 1.21 bits per heavy atom. The second-order valence-electron chi connectivity index (χ2n) is 3.15. The SMILES string of the molecule is CC.[N-]=[N+]=NCCc1c(C(=O)O)cccc1C(=O)O. The van der Waals surface area contributed by atoms with Crippen molar-refractivity contribution < 1.29 is 19.8 Å². The largest absolute Gasteiger partial charge is 0.478 e. The molecule has 2 N–H and O–H groups in total. The minimum Gasteiger partial charge on any atom is -0.478 e. The second kappa shape index (κ2) is 8.54. The van der Waals surface area contributed by atoms with Crippen LogP contribution in [0.25, 0.3) is 10.4 Å². The first-order valence-electron chi connectivity index (χ1n) is 5.67. The lowest BCUT2D eigenvalue weighted by atomic mass is 9.98. The summed E-state index contributed by atoms with van der Waals surface area (Å²) in [6, 6.07) is 4.00. The number of nitrogens with zero attached hydrogens (tertiary/aromatic N) is 3. The van der Waals surface area contributed by atoms with Crippen LogP contribution < -0.4 is 0 Å². The number of benzene rings is 1. The number of hydrogen-bond donors (Lipinski definition) is 2. The molecule has 0 radical (unpaired) electrons. The summed E-state index contributed by atoms with van der Waals surface area (Å²) in [5.74, 6) is -2.41. The van der Waals surface area contributed by atoms with E-state index in [2.05, 4.69) is 10.0 Å². The van der Waals surface area contributed by atoms with Crippen molar-refractivity contribution in [3.05, 3.63) is 45.3 Å². The van der Waals surface area contributed by atoms with Crippen molar-refractivity contribution in [2.24, 2.45) is 5.11 Å². The van der Waals surface area contributed by atoms with Crippen molar-refractivity contribution in [3.63, 3.8) is 0 Å². The monoisotopic (exact) mass is 265 g/mol.